The monoisotopic (exact) mass is 285 g/mol. The van der Waals surface area contributed by atoms with Crippen LogP contribution < -0.4 is 5.32 Å². The highest BCUT2D eigenvalue weighted by atomic mass is 16.2. The molecule has 2 saturated carbocycles. The summed E-state index contributed by atoms with van der Waals surface area (Å²) in [6.07, 6.45) is 6.09. The van der Waals surface area contributed by atoms with E-state index in [1.165, 1.54) is 24.8 Å². The molecule has 1 aromatic rings. The Morgan fingerprint density at radius 3 is 2.24 bits per heavy atom. The van der Waals surface area contributed by atoms with Crippen LogP contribution in [0.25, 0.3) is 0 Å². The van der Waals surface area contributed by atoms with Crippen molar-refractivity contribution >= 4 is 11.6 Å². The number of carbonyl (C=O) groups is 1. The van der Waals surface area contributed by atoms with Gasteiger partial charge < -0.3 is 5.32 Å². The Bertz CT molecular complexity index is 501. The molecular formula is C19H27NO. The molecule has 0 spiro atoms. The number of carbonyl (C=O) groups excluding carboxylic acids is 1. The fourth-order valence-electron chi connectivity index (χ4n) is 4.69. The van der Waals surface area contributed by atoms with Crippen LogP contribution in [-0.2, 0) is 4.79 Å². The molecule has 0 aromatic heterocycles. The molecule has 2 heteroatoms. The van der Waals surface area contributed by atoms with Crippen molar-refractivity contribution in [3.8, 4) is 0 Å². The molecule has 2 bridgehead atoms. The van der Waals surface area contributed by atoms with E-state index in [1.54, 1.807) is 0 Å². The Balaban J connectivity index is 1.70. The first-order chi connectivity index (χ1) is 9.94. The van der Waals surface area contributed by atoms with E-state index in [9.17, 15) is 4.79 Å². The predicted octanol–water partition coefficient (Wildman–Crippen LogP) is 4.79. The first-order valence-electron chi connectivity index (χ1n) is 8.33. The topological polar surface area (TPSA) is 29.1 Å². The second-order valence-corrected chi connectivity index (χ2v) is 7.83. The average molecular weight is 285 g/mol. The van der Waals surface area contributed by atoms with Crippen LogP contribution in [0.4, 0.5) is 5.69 Å². The predicted molar refractivity (Wildman–Crippen MR) is 87.1 cm³/mol. The average Bonchev–Trinajstić information content (AvgIpc) is 2.39. The van der Waals surface area contributed by atoms with Gasteiger partial charge >= 0.3 is 0 Å². The number of amides is 1. The van der Waals surface area contributed by atoms with Crippen LogP contribution in [0.1, 0.15) is 51.5 Å². The number of nitrogens with one attached hydrogen (secondary N) is 1. The molecule has 2 unspecified atom stereocenters. The molecule has 1 N–H and O–H groups in total. The highest BCUT2D eigenvalue weighted by Gasteiger charge is 2.45. The van der Waals surface area contributed by atoms with Gasteiger partial charge in [0, 0.05) is 11.1 Å². The van der Waals surface area contributed by atoms with Crippen LogP contribution in [-0.4, -0.2) is 5.91 Å². The van der Waals surface area contributed by atoms with E-state index in [1.807, 2.05) is 12.1 Å². The van der Waals surface area contributed by atoms with Crippen molar-refractivity contribution in [1.29, 1.82) is 0 Å². The summed E-state index contributed by atoms with van der Waals surface area (Å²) in [5, 5.41) is 3.14. The van der Waals surface area contributed by atoms with Crippen molar-refractivity contribution in [2.75, 3.05) is 5.32 Å². The molecule has 21 heavy (non-hydrogen) atoms. The Morgan fingerprint density at radius 1 is 1.10 bits per heavy atom. The summed E-state index contributed by atoms with van der Waals surface area (Å²) in [6, 6.07) is 8.11. The van der Waals surface area contributed by atoms with Crippen LogP contribution in [0.5, 0.6) is 0 Å². The third kappa shape index (κ3) is 3.14. The van der Waals surface area contributed by atoms with Gasteiger partial charge in [-0.1, -0.05) is 31.5 Å². The van der Waals surface area contributed by atoms with E-state index in [0.717, 1.165) is 36.3 Å². The molecule has 114 valence electrons. The maximum absolute atomic E-state index is 12.8. The molecule has 2 aliphatic carbocycles. The lowest BCUT2D eigenvalue weighted by Crippen LogP contribution is -2.43. The second-order valence-electron chi connectivity index (χ2n) is 7.83. The molecule has 1 aromatic carbocycles. The molecule has 0 radical (unpaired) electrons. The lowest BCUT2D eigenvalue weighted by atomic mass is 9.59. The van der Waals surface area contributed by atoms with E-state index in [4.69, 9.17) is 0 Å². The molecule has 3 rings (SSSR count). The lowest BCUT2D eigenvalue weighted by Gasteiger charge is -2.46. The summed E-state index contributed by atoms with van der Waals surface area (Å²) in [7, 11) is 0. The SMILES string of the molecule is Cc1ccc(NC(=O)C2(C)CC3CC(C)CC(C3)C2)cc1. The van der Waals surface area contributed by atoms with Gasteiger partial charge in [0.25, 0.3) is 0 Å². The van der Waals surface area contributed by atoms with Gasteiger partial charge in [-0.05, 0) is 68.9 Å². The number of anilines is 1. The highest BCUT2D eigenvalue weighted by molar-refractivity contribution is 5.95. The van der Waals surface area contributed by atoms with Gasteiger partial charge in [-0.25, -0.2) is 0 Å². The Hall–Kier alpha value is -1.31. The Labute approximate surface area is 128 Å². The molecular weight excluding hydrogens is 258 g/mol. The standard InChI is InChI=1S/C19H27NO/c1-13-4-6-17(7-5-13)20-18(21)19(3)11-15-8-14(2)9-16(10-15)12-19/h4-7,14-16H,8-12H2,1-3H3,(H,20,21). The minimum atomic E-state index is -0.182. The van der Waals surface area contributed by atoms with Crippen molar-refractivity contribution in [3.63, 3.8) is 0 Å². The fourth-order valence-corrected chi connectivity index (χ4v) is 4.69. The minimum absolute atomic E-state index is 0.182. The zero-order chi connectivity index (χ0) is 15.0. The lowest BCUT2D eigenvalue weighted by molar-refractivity contribution is -0.129. The summed E-state index contributed by atoms with van der Waals surface area (Å²) in [4.78, 5) is 12.8. The molecule has 1 amide bonds. The van der Waals surface area contributed by atoms with Crippen molar-refractivity contribution in [2.24, 2.45) is 23.2 Å². The van der Waals surface area contributed by atoms with Gasteiger partial charge in [0.15, 0.2) is 0 Å². The summed E-state index contributed by atoms with van der Waals surface area (Å²) in [6.45, 7) is 6.61. The van der Waals surface area contributed by atoms with E-state index in [2.05, 4.69) is 38.2 Å². The molecule has 2 fully saturated rings. The van der Waals surface area contributed by atoms with Crippen molar-refractivity contribution < 1.29 is 4.79 Å². The number of aryl methyl sites for hydroxylation is 1. The van der Waals surface area contributed by atoms with Gasteiger partial charge in [0.1, 0.15) is 0 Å². The normalized spacial score (nSPS) is 35.3. The van der Waals surface area contributed by atoms with Gasteiger partial charge in [0.2, 0.25) is 5.91 Å². The molecule has 2 nitrogen and oxygen atoms in total. The Kier molecular flexibility index (Phi) is 3.81. The van der Waals surface area contributed by atoms with Crippen LogP contribution in [0.15, 0.2) is 24.3 Å². The third-order valence-electron chi connectivity index (χ3n) is 5.47. The first kappa shape index (κ1) is 14.6. The largest absolute Gasteiger partial charge is 0.326 e. The number of fused-ring (bicyclic) bond motifs is 2. The molecule has 2 aliphatic rings. The maximum Gasteiger partial charge on any atom is 0.230 e. The van der Waals surface area contributed by atoms with Crippen molar-refractivity contribution in [2.45, 2.75) is 52.9 Å². The van der Waals surface area contributed by atoms with E-state index in [0.29, 0.717) is 0 Å². The quantitative estimate of drug-likeness (QED) is 0.832. The molecule has 2 atom stereocenters. The summed E-state index contributed by atoms with van der Waals surface area (Å²) >= 11 is 0. The summed E-state index contributed by atoms with van der Waals surface area (Å²) < 4.78 is 0. The maximum atomic E-state index is 12.8. The number of hydrogen-bond acceptors (Lipinski definition) is 1. The van der Waals surface area contributed by atoms with Crippen LogP contribution >= 0.6 is 0 Å². The first-order valence-corrected chi connectivity index (χ1v) is 8.33. The summed E-state index contributed by atoms with van der Waals surface area (Å²) in [5.41, 5.74) is 1.97. The van der Waals surface area contributed by atoms with Crippen molar-refractivity contribution in [3.05, 3.63) is 29.8 Å². The fraction of sp³-hybridized carbons (Fsp3) is 0.632. The molecule has 0 saturated heterocycles. The summed E-state index contributed by atoms with van der Waals surface area (Å²) in [5.74, 6) is 2.57. The van der Waals surface area contributed by atoms with Crippen LogP contribution in [0.2, 0.25) is 0 Å². The Morgan fingerprint density at radius 2 is 1.67 bits per heavy atom. The van der Waals surface area contributed by atoms with E-state index < -0.39 is 0 Å². The van der Waals surface area contributed by atoms with Crippen LogP contribution in [0.3, 0.4) is 0 Å². The molecule has 0 heterocycles. The van der Waals surface area contributed by atoms with Gasteiger partial charge in [-0.15, -0.1) is 0 Å². The smallest absolute Gasteiger partial charge is 0.230 e. The van der Waals surface area contributed by atoms with Gasteiger partial charge in [-0.3, -0.25) is 4.79 Å². The van der Waals surface area contributed by atoms with Crippen LogP contribution in [0, 0.1) is 30.1 Å². The minimum Gasteiger partial charge on any atom is -0.326 e. The second kappa shape index (κ2) is 5.47. The number of hydrogen-bond donors (Lipinski definition) is 1. The van der Waals surface area contributed by atoms with Crippen molar-refractivity contribution in [1.82, 2.24) is 0 Å². The van der Waals surface area contributed by atoms with E-state index >= 15 is 0 Å². The number of rotatable bonds is 2. The number of benzene rings is 1. The zero-order valence-corrected chi connectivity index (χ0v) is 13.5. The third-order valence-corrected chi connectivity index (χ3v) is 5.47. The van der Waals surface area contributed by atoms with E-state index in [-0.39, 0.29) is 11.3 Å². The molecule has 0 aliphatic heterocycles. The van der Waals surface area contributed by atoms with Gasteiger partial charge in [-0.2, -0.15) is 0 Å². The van der Waals surface area contributed by atoms with Gasteiger partial charge in [0.05, 0.1) is 0 Å². The zero-order valence-electron chi connectivity index (χ0n) is 13.5. The highest BCUT2D eigenvalue weighted by Crippen LogP contribution is 2.50.